The third-order valence-electron chi connectivity index (χ3n) is 5.61. The number of hydrogen-bond acceptors (Lipinski definition) is 5. The lowest BCUT2D eigenvalue weighted by Crippen LogP contribution is -2.39. The van der Waals surface area contributed by atoms with E-state index in [0.717, 1.165) is 16.9 Å². The predicted molar refractivity (Wildman–Crippen MR) is 132 cm³/mol. The van der Waals surface area contributed by atoms with Crippen molar-refractivity contribution in [3.8, 4) is 5.69 Å². The number of hydrogen-bond donors (Lipinski definition) is 2. The molecule has 0 aliphatic carbocycles. The van der Waals surface area contributed by atoms with Gasteiger partial charge >= 0.3 is 5.97 Å². The number of aromatic nitrogens is 2. The Morgan fingerprint density at radius 3 is 2.59 bits per heavy atom. The first-order valence-corrected chi connectivity index (χ1v) is 11.1. The Hall–Kier alpha value is -2.94. The van der Waals surface area contributed by atoms with Gasteiger partial charge in [0.05, 0.1) is 30.0 Å². The fourth-order valence-electron chi connectivity index (χ4n) is 3.35. The van der Waals surface area contributed by atoms with Gasteiger partial charge in [0.15, 0.2) is 5.11 Å². The maximum Gasteiger partial charge on any atom is 0.308 e. The molecule has 174 valence electrons. The van der Waals surface area contributed by atoms with Gasteiger partial charge in [0, 0.05) is 18.8 Å². The summed E-state index contributed by atoms with van der Waals surface area (Å²) >= 11 is 5.46. The summed E-state index contributed by atoms with van der Waals surface area (Å²) in [5.41, 5.74) is 7.54. The van der Waals surface area contributed by atoms with E-state index < -0.39 is 0 Å². The van der Waals surface area contributed by atoms with Crippen molar-refractivity contribution >= 4 is 29.0 Å². The third kappa shape index (κ3) is 5.85. The lowest BCUT2D eigenvalue weighted by molar-refractivity contribution is -0.145. The van der Waals surface area contributed by atoms with E-state index in [0.29, 0.717) is 35.9 Å². The highest BCUT2D eigenvalue weighted by atomic mass is 32.1. The maximum atomic E-state index is 13.1. The molecule has 32 heavy (non-hydrogen) atoms. The molecule has 0 bridgehead atoms. The van der Waals surface area contributed by atoms with Crippen LogP contribution in [0.15, 0.2) is 28.1 Å². The first-order valence-electron chi connectivity index (χ1n) is 10.7. The molecule has 1 aromatic heterocycles. The van der Waals surface area contributed by atoms with Gasteiger partial charge < -0.3 is 9.64 Å². The average molecular weight is 460 g/mol. The van der Waals surface area contributed by atoms with E-state index in [2.05, 4.69) is 15.6 Å². The number of methoxy groups -OCH3 is 1. The molecule has 0 spiro atoms. The number of thiocarbonyl (C=S) groups is 1. The second-order valence-corrected chi connectivity index (χ2v) is 8.31. The van der Waals surface area contributed by atoms with E-state index in [-0.39, 0.29) is 17.4 Å². The van der Waals surface area contributed by atoms with Gasteiger partial charge in [0.2, 0.25) is 0 Å². The number of H-pyrrole nitrogens is 1. The zero-order chi connectivity index (χ0) is 24.0. The maximum absolute atomic E-state index is 13.1. The van der Waals surface area contributed by atoms with Gasteiger partial charge in [-0.05, 0) is 76.5 Å². The van der Waals surface area contributed by atoms with Crippen LogP contribution in [0.3, 0.4) is 0 Å². The SMILES string of the molecule is CCN(CCC(C)C(=O)OC)C(=S)NN=C(C)c1c(C)[nH]n(-c2ccc(C)c(C)c2)c1=O. The van der Waals surface area contributed by atoms with Crippen molar-refractivity contribution in [2.24, 2.45) is 11.0 Å². The molecule has 2 N–H and O–H groups in total. The minimum Gasteiger partial charge on any atom is -0.469 e. The molecule has 0 aliphatic heterocycles. The van der Waals surface area contributed by atoms with Crippen molar-refractivity contribution in [1.82, 2.24) is 20.1 Å². The summed E-state index contributed by atoms with van der Waals surface area (Å²) < 4.78 is 6.30. The van der Waals surface area contributed by atoms with Crippen LogP contribution in [0.25, 0.3) is 5.69 Å². The predicted octanol–water partition coefficient (Wildman–Crippen LogP) is 3.21. The molecular weight excluding hydrogens is 426 g/mol. The van der Waals surface area contributed by atoms with Gasteiger partial charge in [-0.15, -0.1) is 0 Å². The highest BCUT2D eigenvalue weighted by molar-refractivity contribution is 7.80. The fraction of sp³-hybridized carbons (Fsp3) is 0.478. The first kappa shape index (κ1) is 25.3. The number of carbonyl (C=O) groups excluding carboxylic acids is 1. The molecule has 1 aromatic carbocycles. The molecule has 0 amide bonds. The normalized spacial score (nSPS) is 12.4. The van der Waals surface area contributed by atoms with Crippen LogP contribution in [0.5, 0.6) is 0 Å². The lowest BCUT2D eigenvalue weighted by atomic mass is 10.1. The highest BCUT2D eigenvalue weighted by Gasteiger charge is 2.17. The zero-order valence-corrected chi connectivity index (χ0v) is 20.7. The first-order chi connectivity index (χ1) is 15.1. The van der Waals surface area contributed by atoms with Crippen molar-refractivity contribution in [2.75, 3.05) is 20.2 Å². The minimum atomic E-state index is -0.239. The van der Waals surface area contributed by atoms with Gasteiger partial charge in [0.25, 0.3) is 5.56 Å². The second-order valence-electron chi connectivity index (χ2n) is 7.93. The molecule has 0 saturated carbocycles. The van der Waals surface area contributed by atoms with E-state index >= 15 is 0 Å². The van der Waals surface area contributed by atoms with E-state index in [1.54, 1.807) is 6.92 Å². The number of nitrogens with zero attached hydrogens (tertiary/aromatic N) is 3. The number of esters is 1. The molecule has 2 rings (SSSR count). The van der Waals surface area contributed by atoms with Crippen LogP contribution in [-0.2, 0) is 9.53 Å². The fourth-order valence-corrected chi connectivity index (χ4v) is 3.62. The third-order valence-corrected chi connectivity index (χ3v) is 5.96. The monoisotopic (exact) mass is 459 g/mol. The summed E-state index contributed by atoms with van der Waals surface area (Å²) in [6, 6.07) is 5.89. The molecule has 2 aromatic rings. The zero-order valence-electron chi connectivity index (χ0n) is 19.9. The van der Waals surface area contributed by atoms with Crippen molar-refractivity contribution in [1.29, 1.82) is 0 Å². The van der Waals surface area contributed by atoms with Gasteiger partial charge in [-0.3, -0.25) is 20.1 Å². The number of nitrogens with one attached hydrogen (secondary N) is 2. The summed E-state index contributed by atoms with van der Waals surface area (Å²) in [6.07, 6.45) is 0.614. The van der Waals surface area contributed by atoms with Gasteiger partial charge in [-0.1, -0.05) is 13.0 Å². The molecule has 0 saturated heterocycles. The molecular formula is C23H33N5O3S. The Morgan fingerprint density at radius 2 is 2.00 bits per heavy atom. The summed E-state index contributed by atoms with van der Waals surface area (Å²) in [7, 11) is 1.39. The van der Waals surface area contributed by atoms with Crippen LogP contribution in [0, 0.1) is 26.7 Å². The van der Waals surface area contributed by atoms with Crippen molar-refractivity contribution in [3.63, 3.8) is 0 Å². The minimum absolute atomic E-state index is 0.168. The summed E-state index contributed by atoms with van der Waals surface area (Å²) in [5, 5.41) is 7.93. The Bertz CT molecular complexity index is 1070. The Morgan fingerprint density at radius 1 is 1.31 bits per heavy atom. The summed E-state index contributed by atoms with van der Waals surface area (Å²) in [5.74, 6) is -0.453. The Kier molecular flexibility index (Phi) is 8.77. The topological polar surface area (TPSA) is 91.7 Å². The quantitative estimate of drug-likeness (QED) is 0.273. The van der Waals surface area contributed by atoms with Crippen molar-refractivity contribution in [3.05, 3.63) is 50.9 Å². The van der Waals surface area contributed by atoms with E-state index in [1.165, 1.54) is 17.4 Å². The second kappa shape index (κ2) is 11.1. The van der Waals surface area contributed by atoms with Crippen LogP contribution in [0.1, 0.15) is 49.6 Å². The summed E-state index contributed by atoms with van der Waals surface area (Å²) in [6.45, 7) is 12.7. The molecule has 0 aliphatic rings. The Labute approximate surface area is 194 Å². The number of ether oxygens (including phenoxy) is 1. The van der Waals surface area contributed by atoms with Crippen LogP contribution >= 0.6 is 12.2 Å². The number of benzene rings is 1. The molecule has 0 fully saturated rings. The van der Waals surface area contributed by atoms with Gasteiger partial charge in [-0.2, -0.15) is 5.10 Å². The molecule has 1 unspecified atom stereocenters. The number of carbonyl (C=O) groups is 1. The van der Waals surface area contributed by atoms with E-state index in [1.807, 2.05) is 57.7 Å². The molecule has 8 nitrogen and oxygen atoms in total. The largest absolute Gasteiger partial charge is 0.469 e. The molecule has 1 atom stereocenters. The van der Waals surface area contributed by atoms with E-state index in [9.17, 15) is 9.59 Å². The van der Waals surface area contributed by atoms with Crippen LogP contribution in [0.2, 0.25) is 0 Å². The standard InChI is InChI=1S/C23H33N5O3S/c1-8-27(12-11-15(3)22(30)31-7)23(32)25-24-17(5)20-18(6)26-28(21(20)29)19-10-9-14(2)16(4)13-19/h9-10,13,15,26H,8,11-12H2,1-7H3,(H,25,32). The van der Waals surface area contributed by atoms with Crippen LogP contribution < -0.4 is 11.0 Å². The van der Waals surface area contributed by atoms with Gasteiger partial charge in [0.1, 0.15) is 0 Å². The van der Waals surface area contributed by atoms with Crippen molar-refractivity contribution in [2.45, 2.75) is 48.0 Å². The smallest absolute Gasteiger partial charge is 0.308 e. The number of aryl methyl sites for hydroxylation is 3. The Balaban J connectivity index is 2.16. The summed E-state index contributed by atoms with van der Waals surface area (Å²) in [4.78, 5) is 26.6. The number of aromatic amines is 1. The molecule has 9 heteroatoms. The highest BCUT2D eigenvalue weighted by Crippen LogP contribution is 2.13. The molecule has 1 heterocycles. The number of hydrazone groups is 1. The van der Waals surface area contributed by atoms with E-state index in [4.69, 9.17) is 17.0 Å². The molecule has 0 radical (unpaired) electrons. The van der Waals surface area contributed by atoms with Crippen LogP contribution in [0.4, 0.5) is 0 Å². The van der Waals surface area contributed by atoms with Gasteiger partial charge in [-0.25, -0.2) is 4.68 Å². The lowest BCUT2D eigenvalue weighted by Gasteiger charge is -2.24. The van der Waals surface area contributed by atoms with Crippen molar-refractivity contribution < 1.29 is 9.53 Å². The number of rotatable bonds is 8. The van der Waals surface area contributed by atoms with Crippen LogP contribution in [-0.4, -0.2) is 51.7 Å². The average Bonchev–Trinajstić information content (AvgIpc) is 3.07.